The van der Waals surface area contributed by atoms with E-state index >= 15 is 0 Å². The average Bonchev–Trinajstić information content (AvgIpc) is 2.65. The second-order valence-electron chi connectivity index (χ2n) is 5.78. The molecule has 0 spiro atoms. The lowest BCUT2D eigenvalue weighted by atomic mass is 9.86. The lowest BCUT2D eigenvalue weighted by Crippen LogP contribution is -2.35. The third-order valence-corrected chi connectivity index (χ3v) is 4.03. The molecule has 0 aromatic heterocycles. The average molecular weight is 339 g/mol. The van der Waals surface area contributed by atoms with Gasteiger partial charge in [0.25, 0.3) is 0 Å². The number of benzene rings is 2. The Balaban J connectivity index is 2.45. The summed E-state index contributed by atoms with van der Waals surface area (Å²) in [7, 11) is 1.30. The molecule has 2 rings (SSSR count). The molecular formula is C20H21NO4. The van der Waals surface area contributed by atoms with Crippen LogP contribution >= 0.6 is 0 Å². The van der Waals surface area contributed by atoms with Crippen molar-refractivity contribution in [2.45, 2.75) is 19.9 Å². The fourth-order valence-corrected chi connectivity index (χ4v) is 2.77. The number of ketones is 1. The van der Waals surface area contributed by atoms with Gasteiger partial charge in [0.2, 0.25) is 5.91 Å². The van der Waals surface area contributed by atoms with Gasteiger partial charge < -0.3 is 10.1 Å². The maximum Gasteiger partial charge on any atom is 0.338 e. The van der Waals surface area contributed by atoms with E-state index in [1.165, 1.54) is 14.0 Å². The number of nitrogens with one attached hydrogen (secondary N) is 1. The maximum atomic E-state index is 12.8. The first-order valence-electron chi connectivity index (χ1n) is 7.99. The first-order valence-corrected chi connectivity index (χ1v) is 7.99. The summed E-state index contributed by atoms with van der Waals surface area (Å²) in [5.74, 6) is -1.46. The van der Waals surface area contributed by atoms with Crippen LogP contribution in [0.15, 0.2) is 54.6 Å². The van der Waals surface area contributed by atoms with Crippen LogP contribution in [0.1, 0.15) is 46.2 Å². The SMILES string of the molecule is COC(=O)c1ccccc1C(NC(C)=O)C(C)C(=O)c1ccccc1. The Labute approximate surface area is 147 Å². The zero-order chi connectivity index (χ0) is 18.4. The molecule has 0 aliphatic heterocycles. The van der Waals surface area contributed by atoms with Crippen molar-refractivity contribution in [1.82, 2.24) is 5.32 Å². The molecular weight excluding hydrogens is 318 g/mol. The van der Waals surface area contributed by atoms with E-state index in [1.54, 1.807) is 55.5 Å². The molecule has 2 aromatic rings. The Hall–Kier alpha value is -2.95. The highest BCUT2D eigenvalue weighted by atomic mass is 16.5. The minimum atomic E-state index is -0.638. The standard InChI is InChI=1S/C20H21NO4/c1-13(19(23)15-9-5-4-6-10-15)18(21-14(2)22)16-11-7-8-12-17(16)20(24)25-3/h4-13,18H,1-3H3,(H,21,22). The van der Waals surface area contributed by atoms with Crippen molar-refractivity contribution in [3.8, 4) is 0 Å². The molecule has 0 saturated carbocycles. The highest BCUT2D eigenvalue weighted by Crippen LogP contribution is 2.28. The smallest absolute Gasteiger partial charge is 0.338 e. The van der Waals surface area contributed by atoms with Crippen LogP contribution in [0.3, 0.4) is 0 Å². The third kappa shape index (κ3) is 4.32. The van der Waals surface area contributed by atoms with Crippen LogP contribution in [-0.4, -0.2) is 24.8 Å². The van der Waals surface area contributed by atoms with E-state index in [4.69, 9.17) is 4.74 Å². The van der Waals surface area contributed by atoms with E-state index in [0.29, 0.717) is 16.7 Å². The van der Waals surface area contributed by atoms with Gasteiger partial charge in [0.05, 0.1) is 18.7 Å². The molecule has 1 amide bonds. The minimum absolute atomic E-state index is 0.112. The fourth-order valence-electron chi connectivity index (χ4n) is 2.77. The van der Waals surface area contributed by atoms with Crippen molar-refractivity contribution >= 4 is 17.7 Å². The number of methoxy groups -OCH3 is 1. The number of amides is 1. The lowest BCUT2D eigenvalue weighted by Gasteiger charge is -2.26. The number of hydrogen-bond donors (Lipinski definition) is 1. The summed E-state index contributed by atoms with van der Waals surface area (Å²) in [6.07, 6.45) is 0. The van der Waals surface area contributed by atoms with E-state index in [0.717, 1.165) is 0 Å². The number of ether oxygens (including phenoxy) is 1. The van der Waals surface area contributed by atoms with Crippen LogP contribution in [0.4, 0.5) is 0 Å². The van der Waals surface area contributed by atoms with Gasteiger partial charge in [0.1, 0.15) is 0 Å². The monoisotopic (exact) mass is 339 g/mol. The fraction of sp³-hybridized carbons (Fsp3) is 0.250. The summed E-state index contributed by atoms with van der Waals surface area (Å²) >= 11 is 0. The molecule has 0 aliphatic rings. The third-order valence-electron chi connectivity index (χ3n) is 4.03. The number of esters is 1. The van der Waals surface area contributed by atoms with Gasteiger partial charge in [-0.3, -0.25) is 9.59 Å². The van der Waals surface area contributed by atoms with Crippen molar-refractivity contribution in [2.75, 3.05) is 7.11 Å². The second-order valence-corrected chi connectivity index (χ2v) is 5.78. The van der Waals surface area contributed by atoms with Gasteiger partial charge in [-0.2, -0.15) is 0 Å². The molecule has 0 saturated heterocycles. The van der Waals surface area contributed by atoms with Crippen LogP contribution in [0, 0.1) is 5.92 Å². The van der Waals surface area contributed by atoms with Crippen LogP contribution in [0.2, 0.25) is 0 Å². The van der Waals surface area contributed by atoms with Gasteiger partial charge in [0, 0.05) is 18.4 Å². The van der Waals surface area contributed by atoms with E-state index in [9.17, 15) is 14.4 Å². The molecule has 130 valence electrons. The quantitative estimate of drug-likeness (QED) is 0.648. The van der Waals surface area contributed by atoms with Gasteiger partial charge in [-0.1, -0.05) is 55.5 Å². The summed E-state index contributed by atoms with van der Waals surface area (Å²) in [5, 5.41) is 2.80. The molecule has 5 nitrogen and oxygen atoms in total. The van der Waals surface area contributed by atoms with E-state index in [2.05, 4.69) is 5.32 Å². The first kappa shape index (κ1) is 18.4. The minimum Gasteiger partial charge on any atom is -0.465 e. The number of carbonyl (C=O) groups is 3. The number of Topliss-reactive ketones (excluding diaryl/α,β-unsaturated/α-hetero) is 1. The summed E-state index contributed by atoms with van der Waals surface area (Å²) in [6.45, 7) is 3.12. The maximum absolute atomic E-state index is 12.8. The number of rotatable bonds is 6. The van der Waals surface area contributed by atoms with Gasteiger partial charge in [-0.25, -0.2) is 4.79 Å². The predicted octanol–water partition coefficient (Wildman–Crippen LogP) is 3.17. The first-order chi connectivity index (χ1) is 12.0. The Bertz CT molecular complexity index is 770. The van der Waals surface area contributed by atoms with Crippen LogP contribution < -0.4 is 5.32 Å². The highest BCUT2D eigenvalue weighted by molar-refractivity contribution is 5.99. The van der Waals surface area contributed by atoms with Crippen LogP contribution in [-0.2, 0) is 9.53 Å². The molecule has 5 heteroatoms. The molecule has 0 bridgehead atoms. The number of carbonyl (C=O) groups excluding carboxylic acids is 3. The van der Waals surface area contributed by atoms with E-state index < -0.39 is 17.9 Å². The zero-order valence-electron chi connectivity index (χ0n) is 14.5. The highest BCUT2D eigenvalue weighted by Gasteiger charge is 2.30. The molecule has 2 aromatic carbocycles. The van der Waals surface area contributed by atoms with Crippen molar-refractivity contribution < 1.29 is 19.1 Å². The van der Waals surface area contributed by atoms with Crippen molar-refractivity contribution in [3.05, 3.63) is 71.3 Å². The summed E-state index contributed by atoms with van der Waals surface area (Å²) in [5.41, 5.74) is 1.44. The second kappa shape index (κ2) is 8.24. The Morgan fingerprint density at radius 3 is 2.16 bits per heavy atom. The van der Waals surface area contributed by atoms with E-state index in [-0.39, 0.29) is 11.7 Å². The Morgan fingerprint density at radius 1 is 0.960 bits per heavy atom. The van der Waals surface area contributed by atoms with Gasteiger partial charge >= 0.3 is 5.97 Å². The molecule has 0 radical (unpaired) electrons. The molecule has 0 aliphatic carbocycles. The van der Waals surface area contributed by atoms with Crippen LogP contribution in [0.25, 0.3) is 0 Å². The topological polar surface area (TPSA) is 72.5 Å². The van der Waals surface area contributed by atoms with Gasteiger partial charge in [-0.15, -0.1) is 0 Å². The normalized spacial score (nSPS) is 12.8. The van der Waals surface area contributed by atoms with Crippen molar-refractivity contribution in [2.24, 2.45) is 5.92 Å². The zero-order valence-corrected chi connectivity index (χ0v) is 14.5. The molecule has 25 heavy (non-hydrogen) atoms. The number of hydrogen-bond acceptors (Lipinski definition) is 4. The molecule has 1 N–H and O–H groups in total. The molecule has 2 atom stereocenters. The Morgan fingerprint density at radius 2 is 1.56 bits per heavy atom. The summed E-state index contributed by atoms with van der Waals surface area (Å²) in [4.78, 5) is 36.6. The summed E-state index contributed by atoms with van der Waals surface area (Å²) < 4.78 is 4.82. The summed E-state index contributed by atoms with van der Waals surface area (Å²) in [6, 6.07) is 15.1. The molecule has 0 heterocycles. The van der Waals surface area contributed by atoms with Crippen molar-refractivity contribution in [3.63, 3.8) is 0 Å². The van der Waals surface area contributed by atoms with E-state index in [1.807, 2.05) is 6.07 Å². The van der Waals surface area contributed by atoms with Crippen LogP contribution in [0.5, 0.6) is 0 Å². The molecule has 0 fully saturated rings. The largest absolute Gasteiger partial charge is 0.465 e. The molecule has 2 unspecified atom stereocenters. The van der Waals surface area contributed by atoms with Gasteiger partial charge in [-0.05, 0) is 11.6 Å². The Kier molecular flexibility index (Phi) is 6.06. The van der Waals surface area contributed by atoms with Crippen molar-refractivity contribution in [1.29, 1.82) is 0 Å². The van der Waals surface area contributed by atoms with Gasteiger partial charge in [0.15, 0.2) is 5.78 Å². The predicted molar refractivity (Wildman–Crippen MR) is 94.3 cm³/mol. The lowest BCUT2D eigenvalue weighted by molar-refractivity contribution is -0.119.